The topological polar surface area (TPSA) is 29.1 Å². The van der Waals surface area contributed by atoms with Crippen molar-refractivity contribution in [1.29, 1.82) is 0 Å². The number of rotatable bonds is 3. The standard InChI is InChI=1S/C15H12F3NO/c1-9(10-2-4-12(16)5-3-10)19-15(20)11-6-13(17)8-14(18)7-11/h2-9H,1H3,(H,19,20)/t9-/m1/s1. The molecule has 0 saturated carbocycles. The van der Waals surface area contributed by atoms with E-state index in [1.165, 1.54) is 24.3 Å². The largest absolute Gasteiger partial charge is 0.346 e. The Hall–Kier alpha value is -2.30. The van der Waals surface area contributed by atoms with Crippen LogP contribution in [-0.2, 0) is 0 Å². The zero-order valence-corrected chi connectivity index (χ0v) is 10.7. The number of amides is 1. The molecule has 0 unspecified atom stereocenters. The quantitative estimate of drug-likeness (QED) is 0.914. The maximum atomic E-state index is 13.0. The molecule has 0 aliphatic carbocycles. The smallest absolute Gasteiger partial charge is 0.251 e. The fraction of sp³-hybridized carbons (Fsp3) is 0.133. The lowest BCUT2D eigenvalue weighted by Crippen LogP contribution is -2.26. The highest BCUT2D eigenvalue weighted by molar-refractivity contribution is 5.94. The van der Waals surface area contributed by atoms with Crippen LogP contribution in [0.5, 0.6) is 0 Å². The van der Waals surface area contributed by atoms with E-state index in [1.54, 1.807) is 6.92 Å². The summed E-state index contributed by atoms with van der Waals surface area (Å²) in [5.41, 5.74) is 0.591. The highest BCUT2D eigenvalue weighted by Crippen LogP contribution is 2.14. The van der Waals surface area contributed by atoms with E-state index in [0.717, 1.165) is 12.1 Å². The van der Waals surface area contributed by atoms with Crippen molar-refractivity contribution in [3.05, 3.63) is 71.0 Å². The minimum atomic E-state index is -0.815. The molecule has 0 radical (unpaired) electrons. The molecule has 0 saturated heterocycles. The molecule has 5 heteroatoms. The molecule has 0 heterocycles. The molecule has 1 amide bonds. The van der Waals surface area contributed by atoms with Gasteiger partial charge in [-0.2, -0.15) is 0 Å². The zero-order chi connectivity index (χ0) is 14.7. The first-order valence-electron chi connectivity index (χ1n) is 5.98. The molecule has 104 valence electrons. The van der Waals surface area contributed by atoms with Gasteiger partial charge in [-0.25, -0.2) is 13.2 Å². The maximum absolute atomic E-state index is 13.0. The molecule has 0 aliphatic heterocycles. The Labute approximate surface area is 114 Å². The molecular weight excluding hydrogens is 267 g/mol. The van der Waals surface area contributed by atoms with Crippen LogP contribution < -0.4 is 5.32 Å². The number of hydrogen-bond acceptors (Lipinski definition) is 1. The highest BCUT2D eigenvalue weighted by Gasteiger charge is 2.13. The molecule has 20 heavy (non-hydrogen) atoms. The lowest BCUT2D eigenvalue weighted by atomic mass is 10.1. The number of benzene rings is 2. The first kappa shape index (κ1) is 14.1. The second-order valence-corrected chi connectivity index (χ2v) is 4.40. The average Bonchev–Trinajstić information content (AvgIpc) is 2.38. The number of nitrogens with one attached hydrogen (secondary N) is 1. The van der Waals surface area contributed by atoms with Crippen LogP contribution in [0.25, 0.3) is 0 Å². The Morgan fingerprint density at radius 3 is 2.05 bits per heavy atom. The molecular formula is C15H12F3NO. The normalized spacial score (nSPS) is 12.0. The average molecular weight is 279 g/mol. The summed E-state index contributed by atoms with van der Waals surface area (Å²) in [4.78, 5) is 11.9. The summed E-state index contributed by atoms with van der Waals surface area (Å²) in [5.74, 6) is -2.60. The van der Waals surface area contributed by atoms with Gasteiger partial charge in [0.05, 0.1) is 6.04 Å². The monoisotopic (exact) mass is 279 g/mol. The van der Waals surface area contributed by atoms with Crippen molar-refractivity contribution in [3.8, 4) is 0 Å². The van der Waals surface area contributed by atoms with Gasteiger partial charge in [0.2, 0.25) is 0 Å². The second kappa shape index (κ2) is 5.77. The first-order valence-corrected chi connectivity index (χ1v) is 5.98. The van der Waals surface area contributed by atoms with E-state index in [2.05, 4.69) is 5.32 Å². The fourth-order valence-electron chi connectivity index (χ4n) is 1.80. The Balaban J connectivity index is 2.12. The van der Waals surface area contributed by atoms with Gasteiger partial charge in [-0.15, -0.1) is 0 Å². The summed E-state index contributed by atoms with van der Waals surface area (Å²) >= 11 is 0. The molecule has 2 nitrogen and oxygen atoms in total. The third kappa shape index (κ3) is 3.38. The minimum absolute atomic E-state index is 0.100. The van der Waals surface area contributed by atoms with Gasteiger partial charge < -0.3 is 5.32 Å². The van der Waals surface area contributed by atoms with Crippen molar-refractivity contribution >= 4 is 5.91 Å². The van der Waals surface area contributed by atoms with Gasteiger partial charge in [-0.3, -0.25) is 4.79 Å². The van der Waals surface area contributed by atoms with E-state index in [1.807, 2.05) is 0 Å². The fourth-order valence-corrected chi connectivity index (χ4v) is 1.80. The molecule has 2 aromatic rings. The zero-order valence-electron chi connectivity index (χ0n) is 10.7. The van der Waals surface area contributed by atoms with E-state index >= 15 is 0 Å². The Kier molecular flexibility index (Phi) is 4.08. The van der Waals surface area contributed by atoms with Gasteiger partial charge in [0, 0.05) is 11.6 Å². The Morgan fingerprint density at radius 2 is 1.50 bits per heavy atom. The molecule has 2 rings (SSSR count). The van der Waals surface area contributed by atoms with Crippen molar-refractivity contribution in [2.24, 2.45) is 0 Å². The number of hydrogen-bond donors (Lipinski definition) is 1. The summed E-state index contributed by atoms with van der Waals surface area (Å²) in [6.07, 6.45) is 0. The van der Waals surface area contributed by atoms with E-state index in [9.17, 15) is 18.0 Å². The van der Waals surface area contributed by atoms with Crippen LogP contribution in [0, 0.1) is 17.5 Å². The van der Waals surface area contributed by atoms with Crippen molar-refractivity contribution in [2.45, 2.75) is 13.0 Å². The number of carbonyl (C=O) groups is 1. The summed E-state index contributed by atoms with van der Waals surface area (Å²) in [6, 6.07) is 7.82. The lowest BCUT2D eigenvalue weighted by molar-refractivity contribution is 0.0939. The number of halogens is 3. The Morgan fingerprint density at radius 1 is 0.950 bits per heavy atom. The third-order valence-electron chi connectivity index (χ3n) is 2.84. The van der Waals surface area contributed by atoms with Crippen LogP contribution in [0.1, 0.15) is 28.9 Å². The SMILES string of the molecule is C[C@@H](NC(=O)c1cc(F)cc(F)c1)c1ccc(F)cc1. The molecule has 0 spiro atoms. The van der Waals surface area contributed by atoms with Crippen molar-refractivity contribution in [2.75, 3.05) is 0 Å². The Bertz CT molecular complexity index is 605. The summed E-state index contributed by atoms with van der Waals surface area (Å²) < 4.78 is 38.9. The van der Waals surface area contributed by atoms with E-state index in [-0.39, 0.29) is 11.4 Å². The minimum Gasteiger partial charge on any atom is -0.346 e. The van der Waals surface area contributed by atoms with Crippen LogP contribution >= 0.6 is 0 Å². The van der Waals surface area contributed by atoms with Crippen LogP contribution in [0.2, 0.25) is 0 Å². The molecule has 0 aliphatic rings. The molecule has 0 bridgehead atoms. The van der Waals surface area contributed by atoms with Crippen molar-refractivity contribution in [1.82, 2.24) is 5.32 Å². The predicted molar refractivity (Wildman–Crippen MR) is 68.6 cm³/mol. The third-order valence-corrected chi connectivity index (χ3v) is 2.84. The van der Waals surface area contributed by atoms with Gasteiger partial charge in [0.1, 0.15) is 17.5 Å². The number of carbonyl (C=O) groups excluding carboxylic acids is 1. The van der Waals surface area contributed by atoms with Crippen molar-refractivity contribution in [3.63, 3.8) is 0 Å². The van der Waals surface area contributed by atoms with E-state index in [4.69, 9.17) is 0 Å². The van der Waals surface area contributed by atoms with Crippen molar-refractivity contribution < 1.29 is 18.0 Å². The van der Waals surface area contributed by atoms with Gasteiger partial charge >= 0.3 is 0 Å². The summed E-state index contributed by atoms with van der Waals surface area (Å²) in [6.45, 7) is 1.70. The highest BCUT2D eigenvalue weighted by atomic mass is 19.1. The first-order chi connectivity index (χ1) is 9.45. The van der Waals surface area contributed by atoms with Gasteiger partial charge in [0.25, 0.3) is 5.91 Å². The van der Waals surface area contributed by atoms with Gasteiger partial charge in [-0.05, 0) is 36.8 Å². The van der Waals surface area contributed by atoms with E-state index < -0.39 is 23.6 Å². The van der Waals surface area contributed by atoms with Gasteiger partial charge in [0.15, 0.2) is 0 Å². The molecule has 2 aromatic carbocycles. The lowest BCUT2D eigenvalue weighted by Gasteiger charge is -2.14. The van der Waals surface area contributed by atoms with Crippen LogP contribution in [-0.4, -0.2) is 5.91 Å². The molecule has 0 aromatic heterocycles. The van der Waals surface area contributed by atoms with Crippen LogP contribution in [0.15, 0.2) is 42.5 Å². The van der Waals surface area contributed by atoms with Crippen LogP contribution in [0.3, 0.4) is 0 Å². The predicted octanol–water partition coefficient (Wildman–Crippen LogP) is 3.59. The van der Waals surface area contributed by atoms with E-state index in [0.29, 0.717) is 11.6 Å². The molecule has 1 N–H and O–H groups in total. The molecule has 1 atom stereocenters. The van der Waals surface area contributed by atoms with Crippen LogP contribution in [0.4, 0.5) is 13.2 Å². The summed E-state index contributed by atoms with van der Waals surface area (Å²) in [7, 11) is 0. The second-order valence-electron chi connectivity index (χ2n) is 4.40. The summed E-state index contributed by atoms with van der Waals surface area (Å²) in [5, 5.41) is 2.59. The van der Waals surface area contributed by atoms with Gasteiger partial charge in [-0.1, -0.05) is 12.1 Å². The molecule has 0 fully saturated rings. The maximum Gasteiger partial charge on any atom is 0.251 e.